The van der Waals surface area contributed by atoms with Crippen molar-refractivity contribution in [2.45, 2.75) is 30.5 Å². The topological polar surface area (TPSA) is 111 Å². The van der Waals surface area contributed by atoms with Gasteiger partial charge in [0.25, 0.3) is 0 Å². The number of benzene rings is 3. The molecule has 2 aliphatic heterocycles. The summed E-state index contributed by atoms with van der Waals surface area (Å²) in [4.78, 5) is 2.25. The van der Waals surface area contributed by atoms with Gasteiger partial charge in [-0.3, -0.25) is 0 Å². The Kier molecular flexibility index (Phi) is 8.54. The largest absolute Gasteiger partial charge is 0.495 e. The van der Waals surface area contributed by atoms with Crippen LogP contribution in [0.4, 0.5) is 35.9 Å². The van der Waals surface area contributed by atoms with Crippen LogP contribution in [-0.2, 0) is 21.3 Å². The maximum absolute atomic E-state index is 13.7. The quantitative estimate of drug-likeness (QED) is 0.210. The Bertz CT molecular complexity index is 1900. The Balaban J connectivity index is 1.20. The molecule has 4 aromatic rings. The molecule has 0 atom stereocenters. The number of ether oxygens (including phenoxy) is 2. The predicted molar refractivity (Wildman–Crippen MR) is 172 cm³/mol. The number of rotatable bonds is 8. The minimum atomic E-state index is -4.46. The van der Waals surface area contributed by atoms with Crippen molar-refractivity contribution in [3.8, 4) is 17.6 Å². The molecule has 0 unspecified atom stereocenters. The molecule has 2 aliphatic rings. The minimum absolute atomic E-state index is 0.0575. The number of primary sulfonamides is 1. The molecule has 46 heavy (non-hydrogen) atoms. The second-order valence-corrected chi connectivity index (χ2v) is 13.2. The SMILES string of the molecule is COc1cc(S(N)(=O)=O)ccc1NCC#Cc1cc2c(Nc3ccc(N4CC5(CCOCC5)C4)cc3)cccc2n1CC(F)(F)F. The molecule has 0 aliphatic carbocycles. The van der Waals surface area contributed by atoms with Crippen molar-refractivity contribution in [2.24, 2.45) is 10.6 Å². The molecule has 1 spiro atoms. The lowest BCUT2D eigenvalue weighted by Crippen LogP contribution is -2.58. The van der Waals surface area contributed by atoms with E-state index in [4.69, 9.17) is 14.6 Å². The van der Waals surface area contributed by atoms with E-state index >= 15 is 0 Å². The minimum Gasteiger partial charge on any atom is -0.495 e. The highest BCUT2D eigenvalue weighted by atomic mass is 32.2. The predicted octanol–water partition coefficient (Wildman–Crippen LogP) is 5.68. The number of anilines is 4. The summed E-state index contributed by atoms with van der Waals surface area (Å²) in [5.74, 6) is 5.97. The summed E-state index contributed by atoms with van der Waals surface area (Å²) < 4.78 is 76.2. The number of nitrogens with one attached hydrogen (secondary N) is 2. The second-order valence-electron chi connectivity index (χ2n) is 11.7. The number of nitrogens with two attached hydrogens (primary N) is 1. The Morgan fingerprint density at radius 1 is 1.02 bits per heavy atom. The molecular weight excluding hydrogens is 619 g/mol. The van der Waals surface area contributed by atoms with Crippen LogP contribution in [-0.4, -0.2) is 59.1 Å². The lowest BCUT2D eigenvalue weighted by Gasteiger charge is -2.53. The average molecular weight is 654 g/mol. The van der Waals surface area contributed by atoms with Crippen LogP contribution >= 0.6 is 0 Å². The summed E-state index contributed by atoms with van der Waals surface area (Å²) in [7, 11) is -2.54. The lowest BCUT2D eigenvalue weighted by molar-refractivity contribution is -0.140. The average Bonchev–Trinajstić information content (AvgIpc) is 3.35. The zero-order valence-corrected chi connectivity index (χ0v) is 26.0. The van der Waals surface area contributed by atoms with Gasteiger partial charge in [0.15, 0.2) is 0 Å². The van der Waals surface area contributed by atoms with E-state index in [1.807, 2.05) is 18.2 Å². The first-order valence-corrected chi connectivity index (χ1v) is 16.3. The molecule has 4 N–H and O–H groups in total. The van der Waals surface area contributed by atoms with Gasteiger partial charge in [-0.05, 0) is 73.4 Å². The smallest absolute Gasteiger partial charge is 0.406 e. The van der Waals surface area contributed by atoms with Gasteiger partial charge in [0, 0.05) is 60.2 Å². The van der Waals surface area contributed by atoms with Gasteiger partial charge in [-0.25, -0.2) is 13.6 Å². The molecule has 9 nitrogen and oxygen atoms in total. The Morgan fingerprint density at radius 2 is 1.76 bits per heavy atom. The highest BCUT2D eigenvalue weighted by Crippen LogP contribution is 2.42. The summed E-state index contributed by atoms with van der Waals surface area (Å²) in [6.45, 7) is 2.55. The number of nitrogens with zero attached hydrogens (tertiary/aromatic N) is 2. The van der Waals surface area contributed by atoms with E-state index in [2.05, 4.69) is 39.5 Å². The monoisotopic (exact) mass is 653 g/mol. The Labute approximate surface area is 265 Å². The van der Waals surface area contributed by atoms with Gasteiger partial charge >= 0.3 is 6.18 Å². The van der Waals surface area contributed by atoms with Crippen LogP contribution in [0.3, 0.4) is 0 Å². The fraction of sp³-hybridized carbons (Fsp3) is 0.333. The molecule has 6 rings (SSSR count). The zero-order chi connectivity index (χ0) is 32.5. The molecule has 0 bridgehead atoms. The van der Waals surface area contributed by atoms with Crippen molar-refractivity contribution >= 4 is 43.7 Å². The number of methoxy groups -OCH3 is 1. The fourth-order valence-electron chi connectivity index (χ4n) is 6.09. The molecule has 13 heteroatoms. The highest BCUT2D eigenvalue weighted by Gasteiger charge is 2.43. The van der Waals surface area contributed by atoms with Gasteiger partial charge in [0.2, 0.25) is 10.0 Å². The molecule has 0 saturated carbocycles. The van der Waals surface area contributed by atoms with E-state index in [1.54, 1.807) is 18.2 Å². The van der Waals surface area contributed by atoms with Crippen molar-refractivity contribution in [3.63, 3.8) is 0 Å². The number of hydrogen-bond acceptors (Lipinski definition) is 7. The molecule has 0 radical (unpaired) electrons. The summed E-state index contributed by atoms with van der Waals surface area (Å²) in [6.07, 6.45) is -2.27. The first kappa shape index (κ1) is 31.6. The number of aromatic nitrogens is 1. The van der Waals surface area contributed by atoms with Crippen LogP contribution in [0.25, 0.3) is 10.9 Å². The van der Waals surface area contributed by atoms with Crippen LogP contribution in [0.1, 0.15) is 18.5 Å². The van der Waals surface area contributed by atoms with Gasteiger partial charge in [-0.2, -0.15) is 13.2 Å². The number of alkyl halides is 3. The molecule has 3 aromatic carbocycles. The highest BCUT2D eigenvalue weighted by molar-refractivity contribution is 7.89. The Morgan fingerprint density at radius 3 is 2.43 bits per heavy atom. The van der Waals surface area contributed by atoms with Crippen LogP contribution in [0.15, 0.2) is 71.6 Å². The third kappa shape index (κ3) is 6.89. The summed E-state index contributed by atoms with van der Waals surface area (Å²) in [5, 5.41) is 12.2. The molecule has 242 valence electrons. The number of fused-ring (bicyclic) bond motifs is 1. The zero-order valence-electron chi connectivity index (χ0n) is 25.2. The van der Waals surface area contributed by atoms with E-state index in [-0.39, 0.29) is 22.9 Å². The maximum atomic E-state index is 13.7. The van der Waals surface area contributed by atoms with Crippen LogP contribution in [0.2, 0.25) is 0 Å². The van der Waals surface area contributed by atoms with E-state index in [9.17, 15) is 21.6 Å². The second kappa shape index (κ2) is 12.4. The lowest BCUT2D eigenvalue weighted by atomic mass is 9.73. The maximum Gasteiger partial charge on any atom is 0.406 e. The summed E-state index contributed by atoms with van der Waals surface area (Å²) >= 11 is 0. The Hall–Kier alpha value is -4.38. The van der Waals surface area contributed by atoms with Crippen LogP contribution in [0.5, 0.6) is 5.75 Å². The third-order valence-electron chi connectivity index (χ3n) is 8.49. The van der Waals surface area contributed by atoms with E-state index in [0.717, 1.165) is 55.1 Å². The molecule has 3 heterocycles. The van der Waals surface area contributed by atoms with Crippen molar-refractivity contribution < 1.29 is 31.1 Å². The van der Waals surface area contributed by atoms with Gasteiger partial charge in [-0.15, -0.1) is 0 Å². The summed E-state index contributed by atoms with van der Waals surface area (Å²) in [5.41, 5.74) is 4.04. The van der Waals surface area contributed by atoms with Gasteiger partial charge in [0.1, 0.15) is 12.3 Å². The molecular formula is C33H34F3N5O4S. The van der Waals surface area contributed by atoms with Crippen molar-refractivity contribution in [1.29, 1.82) is 0 Å². The number of sulfonamides is 1. The summed E-state index contributed by atoms with van der Waals surface area (Å²) in [6, 6.07) is 19.0. The van der Waals surface area contributed by atoms with Gasteiger partial charge < -0.3 is 29.6 Å². The third-order valence-corrected chi connectivity index (χ3v) is 9.40. The van der Waals surface area contributed by atoms with Crippen molar-refractivity contribution in [2.75, 3.05) is 55.5 Å². The standard InChI is InChI=1S/C33H34F3N5O4S/c1-44-31-19-26(46(37,42)43)11-12-29(31)38-15-3-4-25-18-27-28(5-2-6-30(27)41(25)22-33(34,35)36)39-23-7-9-24(10-8-23)40-20-32(21-40)13-16-45-17-14-32/h2,5-12,18-19,38-39H,13-17,20-22H2,1H3,(H2,37,42,43). The van der Waals surface area contributed by atoms with Gasteiger partial charge in [-0.1, -0.05) is 12.0 Å². The van der Waals surface area contributed by atoms with Crippen molar-refractivity contribution in [1.82, 2.24) is 4.57 Å². The van der Waals surface area contributed by atoms with Gasteiger partial charge in [0.05, 0.1) is 35.4 Å². The number of halogens is 3. The van der Waals surface area contributed by atoms with Crippen LogP contribution < -0.4 is 25.4 Å². The van der Waals surface area contributed by atoms with E-state index in [1.165, 1.54) is 25.3 Å². The molecule has 0 amide bonds. The first-order valence-electron chi connectivity index (χ1n) is 14.8. The number of hydrogen-bond donors (Lipinski definition) is 3. The molecule has 1 aromatic heterocycles. The molecule has 2 fully saturated rings. The van der Waals surface area contributed by atoms with Crippen molar-refractivity contribution in [3.05, 3.63) is 72.4 Å². The fourth-order valence-corrected chi connectivity index (χ4v) is 6.62. The van der Waals surface area contributed by atoms with Crippen LogP contribution in [0, 0.1) is 17.3 Å². The first-order chi connectivity index (χ1) is 21.9. The van der Waals surface area contributed by atoms with E-state index in [0.29, 0.717) is 27.7 Å². The normalized spacial score (nSPS) is 16.1. The molecule has 2 saturated heterocycles. The van der Waals surface area contributed by atoms with E-state index < -0.39 is 22.7 Å².